The Hall–Kier alpha value is -0.900. The van der Waals surface area contributed by atoms with Crippen LogP contribution in [0.15, 0.2) is 24.3 Å². The first-order valence-electron chi connectivity index (χ1n) is 6.88. The predicted molar refractivity (Wildman–Crippen MR) is 72.1 cm³/mol. The van der Waals surface area contributed by atoms with E-state index in [1.807, 2.05) is 0 Å². The molecule has 1 aromatic carbocycles. The Labute approximate surface area is 109 Å². The molecule has 3 heteroatoms. The molecule has 0 aliphatic carbocycles. The van der Waals surface area contributed by atoms with Crippen molar-refractivity contribution < 1.29 is 4.74 Å². The fourth-order valence-corrected chi connectivity index (χ4v) is 3.17. The molecule has 0 radical (unpaired) electrons. The lowest BCUT2D eigenvalue weighted by molar-refractivity contribution is -0.0839. The van der Waals surface area contributed by atoms with Crippen LogP contribution < -0.4 is 5.73 Å². The van der Waals surface area contributed by atoms with Crippen LogP contribution in [0.1, 0.15) is 24.0 Å². The number of ether oxygens (including phenoxy) is 1. The fraction of sp³-hybridized carbons (Fsp3) is 0.600. The maximum atomic E-state index is 5.61. The third-order valence-electron chi connectivity index (χ3n) is 4.34. The molecule has 2 fully saturated rings. The van der Waals surface area contributed by atoms with Gasteiger partial charge in [0.25, 0.3) is 0 Å². The van der Waals surface area contributed by atoms with E-state index in [9.17, 15) is 0 Å². The third kappa shape index (κ3) is 2.44. The topological polar surface area (TPSA) is 38.5 Å². The van der Waals surface area contributed by atoms with Gasteiger partial charge in [0.05, 0.1) is 0 Å². The van der Waals surface area contributed by atoms with Gasteiger partial charge >= 0.3 is 0 Å². The highest BCUT2D eigenvalue weighted by molar-refractivity contribution is 5.22. The average molecular weight is 246 g/mol. The van der Waals surface area contributed by atoms with Crippen LogP contribution in [0.3, 0.4) is 0 Å². The van der Waals surface area contributed by atoms with Gasteiger partial charge in [0.15, 0.2) is 0 Å². The van der Waals surface area contributed by atoms with Gasteiger partial charge in [-0.25, -0.2) is 0 Å². The fourth-order valence-electron chi connectivity index (χ4n) is 3.17. The summed E-state index contributed by atoms with van der Waals surface area (Å²) in [5, 5.41) is 0. The molecule has 2 saturated heterocycles. The zero-order valence-electron chi connectivity index (χ0n) is 10.9. The lowest BCUT2D eigenvalue weighted by Crippen LogP contribution is -2.57. The lowest BCUT2D eigenvalue weighted by atomic mass is 9.73. The van der Waals surface area contributed by atoms with Crippen LogP contribution in [0.25, 0.3) is 0 Å². The molecule has 0 bridgehead atoms. The smallest absolute Gasteiger partial charge is 0.0472 e. The van der Waals surface area contributed by atoms with E-state index in [0.717, 1.165) is 19.8 Å². The summed E-state index contributed by atoms with van der Waals surface area (Å²) in [7, 11) is 0. The van der Waals surface area contributed by atoms with Crippen LogP contribution >= 0.6 is 0 Å². The van der Waals surface area contributed by atoms with Crippen molar-refractivity contribution in [1.29, 1.82) is 0 Å². The first-order valence-corrected chi connectivity index (χ1v) is 6.88. The molecule has 3 rings (SSSR count). The minimum absolute atomic E-state index is 0.579. The van der Waals surface area contributed by atoms with Gasteiger partial charge in [0.1, 0.15) is 0 Å². The van der Waals surface area contributed by atoms with Crippen LogP contribution in [-0.4, -0.2) is 31.2 Å². The van der Waals surface area contributed by atoms with Crippen LogP contribution in [-0.2, 0) is 17.8 Å². The van der Waals surface area contributed by atoms with Crippen LogP contribution in [0.5, 0.6) is 0 Å². The largest absolute Gasteiger partial charge is 0.381 e. The molecular weight excluding hydrogens is 224 g/mol. The minimum atomic E-state index is 0.579. The highest BCUT2D eigenvalue weighted by atomic mass is 16.5. The Kier molecular flexibility index (Phi) is 3.37. The van der Waals surface area contributed by atoms with Crippen molar-refractivity contribution in [3.63, 3.8) is 0 Å². The van der Waals surface area contributed by atoms with Crippen molar-refractivity contribution >= 4 is 0 Å². The quantitative estimate of drug-likeness (QED) is 0.883. The van der Waals surface area contributed by atoms with E-state index in [-0.39, 0.29) is 0 Å². The Bertz CT molecular complexity index is 387. The molecule has 2 heterocycles. The molecule has 0 aromatic heterocycles. The summed E-state index contributed by atoms with van der Waals surface area (Å²) in [4.78, 5) is 2.54. The van der Waals surface area contributed by atoms with Gasteiger partial charge in [0.2, 0.25) is 0 Å². The summed E-state index contributed by atoms with van der Waals surface area (Å²) in [6, 6.07) is 8.69. The summed E-state index contributed by atoms with van der Waals surface area (Å²) in [6.45, 7) is 6.11. The van der Waals surface area contributed by atoms with Crippen LogP contribution in [0.4, 0.5) is 0 Å². The number of hydrogen-bond donors (Lipinski definition) is 1. The maximum absolute atomic E-state index is 5.61. The van der Waals surface area contributed by atoms with E-state index >= 15 is 0 Å². The molecular formula is C15H22N2O. The van der Waals surface area contributed by atoms with E-state index in [0.29, 0.717) is 12.0 Å². The second-order valence-corrected chi connectivity index (χ2v) is 5.78. The van der Waals surface area contributed by atoms with Crippen LogP contribution in [0, 0.1) is 5.41 Å². The first-order chi connectivity index (χ1) is 8.80. The summed E-state index contributed by atoms with van der Waals surface area (Å²) >= 11 is 0. The third-order valence-corrected chi connectivity index (χ3v) is 4.34. The van der Waals surface area contributed by atoms with Crippen molar-refractivity contribution in [3.05, 3.63) is 35.4 Å². The van der Waals surface area contributed by atoms with Gasteiger partial charge in [-0.15, -0.1) is 0 Å². The van der Waals surface area contributed by atoms with Crippen molar-refractivity contribution in [1.82, 2.24) is 4.90 Å². The number of rotatable bonds is 3. The number of nitrogens with two attached hydrogens (primary N) is 1. The first kappa shape index (κ1) is 12.2. The van der Waals surface area contributed by atoms with Gasteiger partial charge < -0.3 is 10.5 Å². The van der Waals surface area contributed by atoms with Gasteiger partial charge in [-0.2, -0.15) is 0 Å². The Morgan fingerprint density at radius 1 is 1.06 bits per heavy atom. The maximum Gasteiger partial charge on any atom is 0.0472 e. The van der Waals surface area contributed by atoms with Gasteiger partial charge in [-0.3, -0.25) is 4.90 Å². The number of hydrogen-bond acceptors (Lipinski definition) is 3. The molecule has 1 spiro atoms. The van der Waals surface area contributed by atoms with Crippen molar-refractivity contribution in [2.24, 2.45) is 11.1 Å². The molecule has 0 atom stereocenters. The van der Waals surface area contributed by atoms with Crippen molar-refractivity contribution in [2.45, 2.75) is 25.9 Å². The van der Waals surface area contributed by atoms with Crippen LogP contribution in [0.2, 0.25) is 0 Å². The predicted octanol–water partition coefficient (Wildman–Crippen LogP) is 1.76. The normalized spacial score (nSPS) is 22.9. The molecule has 1 aromatic rings. The van der Waals surface area contributed by atoms with Gasteiger partial charge in [-0.1, -0.05) is 24.3 Å². The minimum Gasteiger partial charge on any atom is -0.381 e. The lowest BCUT2D eigenvalue weighted by Gasteiger charge is -2.52. The highest BCUT2D eigenvalue weighted by Gasteiger charge is 2.43. The van der Waals surface area contributed by atoms with Gasteiger partial charge in [-0.05, 0) is 24.0 Å². The molecule has 2 aliphatic rings. The second-order valence-electron chi connectivity index (χ2n) is 5.78. The molecule has 0 saturated carbocycles. The molecule has 2 N–H and O–H groups in total. The summed E-state index contributed by atoms with van der Waals surface area (Å²) < 4.78 is 5.45. The molecule has 2 aliphatic heterocycles. The number of benzene rings is 1. The number of likely N-dealkylation sites (tertiary alicyclic amines) is 1. The SMILES string of the molecule is NCc1ccc(CN2CC3(CCOCC3)C2)cc1. The summed E-state index contributed by atoms with van der Waals surface area (Å²) in [5.41, 5.74) is 8.80. The van der Waals surface area contributed by atoms with E-state index in [4.69, 9.17) is 10.5 Å². The van der Waals surface area contributed by atoms with Crippen molar-refractivity contribution in [3.8, 4) is 0 Å². The van der Waals surface area contributed by atoms with E-state index in [1.165, 1.54) is 37.1 Å². The summed E-state index contributed by atoms with van der Waals surface area (Å²) in [6.07, 6.45) is 2.49. The zero-order valence-corrected chi connectivity index (χ0v) is 10.9. The molecule has 98 valence electrons. The number of nitrogens with zero attached hydrogens (tertiary/aromatic N) is 1. The van der Waals surface area contributed by atoms with Gasteiger partial charge in [0, 0.05) is 44.8 Å². The zero-order chi connectivity index (χ0) is 12.4. The Morgan fingerprint density at radius 2 is 1.67 bits per heavy atom. The molecule has 3 nitrogen and oxygen atoms in total. The van der Waals surface area contributed by atoms with Crippen molar-refractivity contribution in [2.75, 3.05) is 26.3 Å². The standard InChI is InChI=1S/C15H22N2O/c16-9-13-1-3-14(4-2-13)10-17-11-15(12-17)5-7-18-8-6-15/h1-4H,5-12,16H2. The molecule has 0 unspecified atom stereocenters. The van der Waals surface area contributed by atoms with E-state index < -0.39 is 0 Å². The Balaban J connectivity index is 1.52. The van der Waals surface area contributed by atoms with E-state index in [1.54, 1.807) is 0 Å². The monoisotopic (exact) mass is 246 g/mol. The molecule has 18 heavy (non-hydrogen) atoms. The average Bonchev–Trinajstić information content (AvgIpc) is 2.39. The highest BCUT2D eigenvalue weighted by Crippen LogP contribution is 2.40. The van der Waals surface area contributed by atoms with E-state index in [2.05, 4.69) is 29.2 Å². The Morgan fingerprint density at radius 3 is 2.28 bits per heavy atom. The summed E-state index contributed by atoms with van der Waals surface area (Å²) in [5.74, 6) is 0. The molecule has 0 amide bonds. The second kappa shape index (κ2) is 5.00.